The van der Waals surface area contributed by atoms with E-state index in [1.165, 1.54) is 12.1 Å². The summed E-state index contributed by atoms with van der Waals surface area (Å²) >= 11 is 1.12. The van der Waals surface area contributed by atoms with Gasteiger partial charge in [0.05, 0.1) is 22.5 Å². The van der Waals surface area contributed by atoms with Crippen LogP contribution in [0, 0.1) is 24.0 Å². The first-order chi connectivity index (χ1) is 14.2. The van der Waals surface area contributed by atoms with Gasteiger partial charge in [0.2, 0.25) is 0 Å². The number of rotatable bonds is 6. The van der Waals surface area contributed by atoms with Gasteiger partial charge in [-0.2, -0.15) is 0 Å². The number of fused-ring (bicyclic) bond motifs is 1. The molecule has 10 nitrogen and oxygen atoms in total. The van der Waals surface area contributed by atoms with Crippen molar-refractivity contribution < 1.29 is 24.0 Å². The van der Waals surface area contributed by atoms with E-state index >= 15 is 0 Å². The topological polar surface area (TPSA) is 148 Å². The maximum atomic E-state index is 12.3. The maximum absolute atomic E-state index is 12.3. The molecule has 0 atom stereocenters. The number of nitro groups is 1. The minimum Gasteiger partial charge on any atom is -0.462 e. The third-order valence-corrected chi connectivity index (χ3v) is 5.46. The van der Waals surface area contributed by atoms with Crippen LogP contribution in [0.25, 0.3) is 10.2 Å². The van der Waals surface area contributed by atoms with Crippen molar-refractivity contribution in [3.8, 4) is 0 Å². The normalized spacial score (nSPS) is 10.8. The molecule has 1 aromatic carbocycles. The third-order valence-electron chi connectivity index (χ3n) is 4.30. The molecule has 3 aromatic rings. The summed E-state index contributed by atoms with van der Waals surface area (Å²) in [5, 5.41) is 11.6. The Morgan fingerprint density at radius 1 is 1.20 bits per heavy atom. The number of aromatic nitrogens is 2. The molecule has 0 aliphatic rings. The number of nitrogen functional groups attached to an aromatic ring is 1. The van der Waals surface area contributed by atoms with Crippen LogP contribution < -0.4 is 5.73 Å². The van der Waals surface area contributed by atoms with E-state index in [9.17, 15) is 19.7 Å². The van der Waals surface area contributed by atoms with Gasteiger partial charge in [-0.15, -0.1) is 11.3 Å². The van der Waals surface area contributed by atoms with Gasteiger partial charge in [-0.1, -0.05) is 6.07 Å². The molecule has 0 saturated carbocycles. The molecule has 0 aliphatic carbocycles. The highest BCUT2D eigenvalue weighted by Gasteiger charge is 2.21. The van der Waals surface area contributed by atoms with Gasteiger partial charge in [0, 0.05) is 11.6 Å². The van der Waals surface area contributed by atoms with Gasteiger partial charge in [-0.25, -0.2) is 19.6 Å². The summed E-state index contributed by atoms with van der Waals surface area (Å²) in [6.45, 7) is 4.98. The predicted molar refractivity (Wildman–Crippen MR) is 109 cm³/mol. The molecule has 0 amide bonds. The molecular weight excluding hydrogens is 412 g/mol. The molecule has 0 aliphatic heterocycles. The molecule has 30 heavy (non-hydrogen) atoms. The molecule has 156 valence electrons. The molecule has 2 aromatic heterocycles. The zero-order chi connectivity index (χ0) is 22.0. The molecule has 2 heterocycles. The van der Waals surface area contributed by atoms with E-state index in [1.54, 1.807) is 20.8 Å². The van der Waals surface area contributed by atoms with E-state index in [0.29, 0.717) is 26.2 Å². The van der Waals surface area contributed by atoms with Crippen LogP contribution in [0.5, 0.6) is 0 Å². The van der Waals surface area contributed by atoms with Gasteiger partial charge >= 0.3 is 11.9 Å². The second-order valence-corrected chi connectivity index (χ2v) is 7.32. The van der Waals surface area contributed by atoms with Crippen LogP contribution in [0.15, 0.2) is 18.2 Å². The van der Waals surface area contributed by atoms with Crippen LogP contribution >= 0.6 is 11.3 Å². The minimum absolute atomic E-state index is 0.0397. The Kier molecular flexibility index (Phi) is 5.92. The second kappa shape index (κ2) is 8.41. The van der Waals surface area contributed by atoms with Crippen molar-refractivity contribution in [2.45, 2.75) is 27.4 Å². The van der Waals surface area contributed by atoms with Gasteiger partial charge in [0.25, 0.3) is 5.69 Å². The Bertz CT molecular complexity index is 1170. The lowest BCUT2D eigenvalue weighted by molar-refractivity contribution is -0.385. The first-order valence-corrected chi connectivity index (χ1v) is 9.69. The molecule has 11 heteroatoms. The lowest BCUT2D eigenvalue weighted by Crippen LogP contribution is -2.09. The van der Waals surface area contributed by atoms with Gasteiger partial charge in [-0.3, -0.25) is 10.1 Å². The quantitative estimate of drug-likeness (QED) is 0.353. The highest BCUT2D eigenvalue weighted by Crippen LogP contribution is 2.33. The highest BCUT2D eigenvalue weighted by atomic mass is 32.1. The zero-order valence-corrected chi connectivity index (χ0v) is 17.2. The Labute approximate surface area is 174 Å². The van der Waals surface area contributed by atoms with E-state index in [0.717, 1.165) is 17.4 Å². The number of ether oxygens (including phenoxy) is 2. The number of aryl methyl sites for hydroxylation is 2. The summed E-state index contributed by atoms with van der Waals surface area (Å²) in [5.41, 5.74) is 6.95. The first-order valence-electron chi connectivity index (χ1n) is 8.87. The highest BCUT2D eigenvalue weighted by molar-refractivity contribution is 7.20. The molecule has 0 fully saturated rings. The first kappa shape index (κ1) is 21.1. The van der Waals surface area contributed by atoms with Crippen LogP contribution in [-0.4, -0.2) is 33.4 Å². The van der Waals surface area contributed by atoms with Crippen molar-refractivity contribution in [1.29, 1.82) is 0 Å². The number of nitrogens with zero attached hydrogens (tertiary/aromatic N) is 3. The lowest BCUT2D eigenvalue weighted by atomic mass is 10.1. The van der Waals surface area contributed by atoms with E-state index in [4.69, 9.17) is 15.2 Å². The number of nitrogens with two attached hydrogens (primary N) is 1. The van der Waals surface area contributed by atoms with Crippen LogP contribution in [-0.2, 0) is 16.1 Å². The van der Waals surface area contributed by atoms with Crippen LogP contribution in [0.1, 0.15) is 43.9 Å². The Morgan fingerprint density at radius 2 is 1.93 bits per heavy atom. The summed E-state index contributed by atoms with van der Waals surface area (Å²) in [5.74, 6) is -0.922. The number of benzene rings is 1. The second-order valence-electron chi connectivity index (χ2n) is 6.32. The summed E-state index contributed by atoms with van der Waals surface area (Å²) in [4.78, 5) is 44.2. The summed E-state index contributed by atoms with van der Waals surface area (Å²) < 4.78 is 10.2. The summed E-state index contributed by atoms with van der Waals surface area (Å²) in [7, 11) is 0. The standard InChI is InChI=1S/C19H18N4O6S/c1-4-28-19(25)15-10(3)14-16(20)21-13(22-17(14)30-15)8-29-18(24)11-6-5-9(2)12(7-11)23(26)27/h5-7H,4,8H2,1-3H3,(H2,20,21,22). The molecule has 0 unspecified atom stereocenters. The number of esters is 2. The fourth-order valence-corrected chi connectivity index (χ4v) is 3.92. The van der Waals surface area contributed by atoms with Crippen LogP contribution in [0.3, 0.4) is 0 Å². The Balaban J connectivity index is 1.83. The van der Waals surface area contributed by atoms with Gasteiger partial charge in [0.15, 0.2) is 12.4 Å². The smallest absolute Gasteiger partial charge is 0.348 e. The molecule has 0 spiro atoms. The van der Waals surface area contributed by atoms with Crippen molar-refractivity contribution in [1.82, 2.24) is 9.97 Å². The van der Waals surface area contributed by atoms with Crippen molar-refractivity contribution in [3.05, 3.63) is 55.7 Å². The fourth-order valence-electron chi connectivity index (χ4n) is 2.82. The van der Waals surface area contributed by atoms with Crippen LogP contribution in [0.4, 0.5) is 11.5 Å². The van der Waals surface area contributed by atoms with Crippen molar-refractivity contribution >= 4 is 45.0 Å². The monoisotopic (exact) mass is 430 g/mol. The largest absolute Gasteiger partial charge is 0.462 e. The van der Waals surface area contributed by atoms with Gasteiger partial charge in [-0.05, 0) is 32.4 Å². The number of hydrogen-bond donors (Lipinski definition) is 1. The van der Waals surface area contributed by atoms with E-state index in [-0.39, 0.29) is 36.1 Å². The van der Waals surface area contributed by atoms with Crippen molar-refractivity contribution in [3.63, 3.8) is 0 Å². The van der Waals surface area contributed by atoms with E-state index in [1.807, 2.05) is 0 Å². The maximum Gasteiger partial charge on any atom is 0.348 e. The van der Waals surface area contributed by atoms with E-state index < -0.39 is 16.9 Å². The number of nitro benzene ring substituents is 1. The average molecular weight is 430 g/mol. The number of anilines is 1. The number of hydrogen-bond acceptors (Lipinski definition) is 10. The zero-order valence-electron chi connectivity index (χ0n) is 16.4. The Hall–Kier alpha value is -3.60. The summed E-state index contributed by atoms with van der Waals surface area (Å²) in [6.07, 6.45) is 0. The lowest BCUT2D eigenvalue weighted by Gasteiger charge is -2.06. The minimum atomic E-state index is -0.755. The molecule has 3 rings (SSSR count). The average Bonchev–Trinajstić information content (AvgIpc) is 3.03. The van der Waals surface area contributed by atoms with Crippen LogP contribution in [0.2, 0.25) is 0 Å². The van der Waals surface area contributed by atoms with Crippen molar-refractivity contribution in [2.24, 2.45) is 0 Å². The number of carbonyl (C=O) groups is 2. The third kappa shape index (κ3) is 4.06. The molecule has 0 radical (unpaired) electrons. The predicted octanol–water partition coefficient (Wildman–Crippen LogP) is 3.33. The molecular formula is C19H18N4O6S. The number of thiophene rings is 1. The molecule has 0 bridgehead atoms. The fraction of sp³-hybridized carbons (Fsp3) is 0.263. The number of carbonyl (C=O) groups excluding carboxylic acids is 2. The summed E-state index contributed by atoms with van der Waals surface area (Å²) in [6, 6.07) is 4.07. The Morgan fingerprint density at radius 3 is 2.60 bits per heavy atom. The molecule has 0 saturated heterocycles. The van der Waals surface area contributed by atoms with Gasteiger partial charge in [0.1, 0.15) is 15.5 Å². The van der Waals surface area contributed by atoms with Crippen molar-refractivity contribution in [2.75, 3.05) is 12.3 Å². The van der Waals surface area contributed by atoms with Gasteiger partial charge < -0.3 is 15.2 Å². The van der Waals surface area contributed by atoms with E-state index in [2.05, 4.69) is 9.97 Å². The molecule has 2 N–H and O–H groups in total. The SMILES string of the molecule is CCOC(=O)c1sc2nc(COC(=O)c3ccc(C)c([N+](=O)[O-])c3)nc(N)c2c1C.